The third-order valence-electron chi connectivity index (χ3n) is 8.91. The third-order valence-corrected chi connectivity index (χ3v) is 11.1. The Morgan fingerprint density at radius 2 is 1.65 bits per heavy atom. The molecule has 6 aromatic rings. The van der Waals surface area contributed by atoms with Crippen LogP contribution >= 0.6 is 22.7 Å². The molecule has 0 spiro atoms. The van der Waals surface area contributed by atoms with E-state index in [1.807, 2.05) is 57.4 Å². The molecule has 261 valence electrons. The quantitative estimate of drug-likeness (QED) is 0.0846. The third kappa shape index (κ3) is 8.99. The molecule has 0 amide bonds. The number of aryl methyl sites for hydroxylation is 1. The van der Waals surface area contributed by atoms with Crippen molar-refractivity contribution in [2.45, 2.75) is 87.5 Å². The number of allylic oxidation sites excluding steroid dienone is 2. The number of aliphatic hydroxyl groups is 1. The van der Waals surface area contributed by atoms with Crippen LogP contribution in [0.3, 0.4) is 0 Å². The molecule has 0 bridgehead atoms. The maximum atomic E-state index is 11.7. The number of aliphatic hydroxyl groups excluding tert-OH is 1. The van der Waals surface area contributed by atoms with Crippen LogP contribution in [-0.4, -0.2) is 15.9 Å². The molecule has 6 rings (SSSR count). The molecule has 0 fully saturated rings. The summed E-state index contributed by atoms with van der Waals surface area (Å²) >= 11 is 3.67. The number of para-hydroxylation sites is 1. The molecule has 49 heavy (non-hydrogen) atoms. The van der Waals surface area contributed by atoms with E-state index in [0.29, 0.717) is 0 Å². The molecule has 0 unspecified atom stereocenters. The molecule has 1 radical (unpaired) electrons. The Kier molecular flexibility index (Phi) is 13.2. The van der Waals surface area contributed by atoms with E-state index in [2.05, 4.69) is 76.2 Å². The minimum atomic E-state index is 0. The molecule has 0 atom stereocenters. The van der Waals surface area contributed by atoms with E-state index in [9.17, 15) is 9.90 Å². The van der Waals surface area contributed by atoms with Crippen LogP contribution in [-0.2, 0) is 31.3 Å². The minimum Gasteiger partial charge on any atom is -0.512 e. The molecular formula is C42H48IrNO3S2-. The van der Waals surface area contributed by atoms with Gasteiger partial charge < -0.3 is 9.52 Å². The first kappa shape index (κ1) is 38.7. The van der Waals surface area contributed by atoms with Gasteiger partial charge in [-0.1, -0.05) is 78.3 Å². The van der Waals surface area contributed by atoms with E-state index in [4.69, 9.17) is 9.40 Å². The minimum absolute atomic E-state index is 0. The number of thiophene rings is 2. The van der Waals surface area contributed by atoms with Crippen molar-refractivity contribution in [2.75, 3.05) is 0 Å². The zero-order chi connectivity index (χ0) is 34.6. The van der Waals surface area contributed by atoms with Gasteiger partial charge in [0.25, 0.3) is 0 Å². The number of carbonyl (C=O) groups is 1. The first-order chi connectivity index (χ1) is 23.0. The van der Waals surface area contributed by atoms with Crippen LogP contribution in [0.15, 0.2) is 77.0 Å². The van der Waals surface area contributed by atoms with Gasteiger partial charge in [0.1, 0.15) is 5.58 Å². The van der Waals surface area contributed by atoms with Gasteiger partial charge in [-0.15, -0.1) is 28.9 Å². The fourth-order valence-electron chi connectivity index (χ4n) is 6.26. The Morgan fingerprint density at radius 3 is 2.33 bits per heavy atom. The summed E-state index contributed by atoms with van der Waals surface area (Å²) in [7, 11) is 0. The molecule has 0 aliphatic heterocycles. The second kappa shape index (κ2) is 16.7. The number of fused-ring (bicyclic) bond motifs is 5. The van der Waals surface area contributed by atoms with Crippen molar-refractivity contribution in [3.05, 3.63) is 88.4 Å². The number of hydrogen-bond donors (Lipinski definition) is 1. The van der Waals surface area contributed by atoms with E-state index in [0.717, 1.165) is 65.3 Å². The van der Waals surface area contributed by atoms with Gasteiger partial charge in [-0.2, -0.15) is 11.3 Å². The van der Waals surface area contributed by atoms with Gasteiger partial charge in [-0.05, 0) is 89.2 Å². The SMILES string of the molecule is CCC(CC)C(=O)/C=C(\O)C(CC)CC.Cc1cc2[c-]c(-c3cc(-c4ccc(CC(C)(C)C)s4)ccn3)c3oc4ccccc4c3c2s1.[Ir]. The van der Waals surface area contributed by atoms with E-state index in [1.54, 1.807) is 11.3 Å². The van der Waals surface area contributed by atoms with Crippen LogP contribution in [0.25, 0.3) is 53.7 Å². The number of hydrogen-bond acceptors (Lipinski definition) is 6. The van der Waals surface area contributed by atoms with Crippen LogP contribution in [0.1, 0.15) is 83.9 Å². The van der Waals surface area contributed by atoms with Gasteiger partial charge in [-0.25, -0.2) is 0 Å². The fourth-order valence-corrected chi connectivity index (χ4v) is 8.59. The molecule has 0 saturated heterocycles. The largest absolute Gasteiger partial charge is 0.512 e. The summed E-state index contributed by atoms with van der Waals surface area (Å²) in [4.78, 5) is 20.4. The van der Waals surface area contributed by atoms with Crippen LogP contribution in [0, 0.1) is 30.2 Å². The monoisotopic (exact) mass is 871 g/mol. The fraction of sp³-hybridized carbons (Fsp3) is 0.381. The van der Waals surface area contributed by atoms with Crippen LogP contribution < -0.4 is 0 Å². The van der Waals surface area contributed by atoms with Crippen LogP contribution in [0.5, 0.6) is 0 Å². The maximum absolute atomic E-state index is 11.7. The van der Waals surface area contributed by atoms with E-state index in [-0.39, 0.29) is 48.9 Å². The molecule has 0 saturated carbocycles. The number of furan rings is 1. The summed E-state index contributed by atoms with van der Waals surface area (Å²) < 4.78 is 7.63. The predicted molar refractivity (Wildman–Crippen MR) is 206 cm³/mol. The molecule has 4 heterocycles. The molecular weight excluding hydrogens is 823 g/mol. The van der Waals surface area contributed by atoms with Gasteiger partial charge in [0.05, 0.1) is 11.3 Å². The van der Waals surface area contributed by atoms with E-state index in [1.165, 1.54) is 36.4 Å². The van der Waals surface area contributed by atoms with Gasteiger partial charge in [0, 0.05) is 65.0 Å². The summed E-state index contributed by atoms with van der Waals surface area (Å²) in [6, 6.07) is 22.9. The van der Waals surface area contributed by atoms with Crippen molar-refractivity contribution < 1.29 is 34.4 Å². The van der Waals surface area contributed by atoms with Crippen molar-refractivity contribution in [3.8, 4) is 21.7 Å². The Labute approximate surface area is 313 Å². The van der Waals surface area contributed by atoms with Crippen LogP contribution in [0.4, 0.5) is 0 Å². The topological polar surface area (TPSA) is 63.3 Å². The van der Waals surface area contributed by atoms with Crippen molar-refractivity contribution >= 4 is 60.5 Å². The normalized spacial score (nSPS) is 12.2. The second-order valence-corrected chi connectivity index (χ2v) is 16.3. The Hall–Kier alpha value is -3.09. The standard InChI is InChI=1S/C29H24NOS2.C13H24O2.Ir/c1-17-13-19-14-22(27-26(28(19)32-17)21-7-5-6-8-24(21)31-27)23-15-18(11-12-30-23)25-10-9-20(33-25)16-29(2,3)4;1-5-10(6-2)12(14)9-13(15)11(7-3)8-4;/h5-13,15H,16H2,1-4H3;9-11,14H,5-8H2,1-4H3;/q-1;;/b;12-9-;. The summed E-state index contributed by atoms with van der Waals surface area (Å²) in [6.07, 6.45) is 7.89. The summed E-state index contributed by atoms with van der Waals surface area (Å²) in [5, 5.41) is 13.2. The van der Waals surface area contributed by atoms with Gasteiger partial charge in [-0.3, -0.25) is 9.78 Å². The van der Waals surface area contributed by atoms with E-state index < -0.39 is 0 Å². The smallest absolute Gasteiger partial charge is 0.162 e. The molecule has 4 aromatic heterocycles. The second-order valence-electron chi connectivity index (χ2n) is 13.8. The van der Waals surface area contributed by atoms with Crippen molar-refractivity contribution in [1.29, 1.82) is 0 Å². The maximum Gasteiger partial charge on any atom is 0.162 e. The number of rotatable bonds is 10. The van der Waals surface area contributed by atoms with Crippen molar-refractivity contribution in [1.82, 2.24) is 4.98 Å². The zero-order valence-corrected chi connectivity index (χ0v) is 33.9. The van der Waals surface area contributed by atoms with Gasteiger partial charge >= 0.3 is 0 Å². The predicted octanol–water partition coefficient (Wildman–Crippen LogP) is 13.2. The van der Waals surface area contributed by atoms with E-state index >= 15 is 0 Å². The Balaban J connectivity index is 0.000000290. The molecule has 0 aliphatic rings. The number of aromatic nitrogens is 1. The first-order valence-corrected chi connectivity index (χ1v) is 18.9. The first-order valence-electron chi connectivity index (χ1n) is 17.2. The van der Waals surface area contributed by atoms with Gasteiger partial charge in [0.2, 0.25) is 0 Å². The number of pyridine rings is 1. The van der Waals surface area contributed by atoms with Crippen LogP contribution in [0.2, 0.25) is 0 Å². The summed E-state index contributed by atoms with van der Waals surface area (Å²) in [5.41, 5.74) is 5.07. The Bertz CT molecular complexity index is 2050. The summed E-state index contributed by atoms with van der Waals surface area (Å²) in [5.74, 6) is 0.547. The molecule has 0 aliphatic carbocycles. The van der Waals surface area contributed by atoms with Crippen molar-refractivity contribution in [2.24, 2.45) is 17.3 Å². The average molecular weight is 871 g/mol. The van der Waals surface area contributed by atoms with Gasteiger partial charge in [0.15, 0.2) is 5.78 Å². The summed E-state index contributed by atoms with van der Waals surface area (Å²) in [6.45, 7) is 17.1. The van der Waals surface area contributed by atoms with Crippen molar-refractivity contribution in [3.63, 3.8) is 0 Å². The Morgan fingerprint density at radius 1 is 0.959 bits per heavy atom. The number of ketones is 1. The number of nitrogens with zero attached hydrogens (tertiary/aromatic N) is 1. The average Bonchev–Trinajstić information content (AvgIpc) is 3.77. The number of benzene rings is 2. The zero-order valence-electron chi connectivity index (χ0n) is 29.9. The number of carbonyl (C=O) groups excluding carboxylic acids is 1. The molecule has 4 nitrogen and oxygen atoms in total. The molecule has 1 N–H and O–H groups in total. The molecule has 2 aromatic carbocycles. The molecule has 7 heteroatoms.